The lowest BCUT2D eigenvalue weighted by atomic mass is 9.68. The van der Waals surface area contributed by atoms with Crippen molar-refractivity contribution in [2.45, 2.75) is 24.7 Å². The molecule has 1 radical (unpaired) electrons. The van der Waals surface area contributed by atoms with Crippen molar-refractivity contribution in [1.82, 2.24) is 4.90 Å². The standard InChI is InChI=1S/C20H24N/c1-2-15-21-16-13-20(14-17-21,18-9-5-3-6-10-18)19-11-7-4-8-12-19/h3-12H,1-2,13-17H2. The van der Waals surface area contributed by atoms with Crippen molar-refractivity contribution in [3.05, 3.63) is 78.7 Å². The second-order valence-electron chi connectivity index (χ2n) is 6.01. The summed E-state index contributed by atoms with van der Waals surface area (Å²) in [5.41, 5.74) is 3.11. The Kier molecular flexibility index (Phi) is 4.40. The number of piperidine rings is 1. The van der Waals surface area contributed by atoms with E-state index in [1.807, 2.05) is 0 Å². The fraction of sp³-hybridized carbons (Fsp3) is 0.350. The van der Waals surface area contributed by atoms with Gasteiger partial charge in [-0.1, -0.05) is 67.6 Å². The highest BCUT2D eigenvalue weighted by Crippen LogP contribution is 2.41. The van der Waals surface area contributed by atoms with Crippen LogP contribution in [-0.4, -0.2) is 24.5 Å². The second kappa shape index (κ2) is 6.44. The third kappa shape index (κ3) is 2.89. The molecule has 1 fully saturated rings. The van der Waals surface area contributed by atoms with Gasteiger partial charge in [-0.2, -0.15) is 0 Å². The normalized spacial score (nSPS) is 18.5. The Morgan fingerprint density at radius 1 is 0.810 bits per heavy atom. The summed E-state index contributed by atoms with van der Waals surface area (Å²) >= 11 is 0. The molecule has 0 saturated carbocycles. The van der Waals surface area contributed by atoms with E-state index in [9.17, 15) is 0 Å². The Morgan fingerprint density at radius 3 is 1.71 bits per heavy atom. The summed E-state index contributed by atoms with van der Waals surface area (Å²) in [5.74, 6) is 0. The molecule has 2 aromatic carbocycles. The zero-order valence-corrected chi connectivity index (χ0v) is 12.7. The van der Waals surface area contributed by atoms with Crippen LogP contribution in [-0.2, 0) is 5.41 Å². The van der Waals surface area contributed by atoms with Crippen molar-refractivity contribution in [1.29, 1.82) is 0 Å². The molecule has 1 saturated heterocycles. The van der Waals surface area contributed by atoms with Crippen LogP contribution < -0.4 is 0 Å². The Bertz CT molecular complexity index is 497. The van der Waals surface area contributed by atoms with Gasteiger partial charge in [0.05, 0.1) is 0 Å². The fourth-order valence-corrected chi connectivity index (χ4v) is 3.64. The van der Waals surface area contributed by atoms with Crippen LogP contribution >= 0.6 is 0 Å². The van der Waals surface area contributed by atoms with Crippen LogP contribution in [0, 0.1) is 6.92 Å². The Balaban J connectivity index is 1.94. The number of rotatable bonds is 4. The average Bonchev–Trinajstić information content (AvgIpc) is 2.58. The maximum absolute atomic E-state index is 3.99. The lowest BCUT2D eigenvalue weighted by molar-refractivity contribution is 0.181. The zero-order chi connectivity index (χ0) is 14.5. The minimum Gasteiger partial charge on any atom is -0.303 e. The monoisotopic (exact) mass is 278 g/mol. The minimum absolute atomic E-state index is 0.181. The van der Waals surface area contributed by atoms with Crippen molar-refractivity contribution in [3.63, 3.8) is 0 Å². The molecule has 2 aromatic rings. The summed E-state index contributed by atoms with van der Waals surface area (Å²) in [6.45, 7) is 7.45. The number of nitrogens with zero attached hydrogens (tertiary/aromatic N) is 1. The number of hydrogen-bond donors (Lipinski definition) is 0. The molecule has 1 nitrogen and oxygen atoms in total. The highest BCUT2D eigenvalue weighted by Gasteiger charge is 2.37. The van der Waals surface area contributed by atoms with Crippen LogP contribution in [0.4, 0.5) is 0 Å². The van der Waals surface area contributed by atoms with Gasteiger partial charge in [0, 0.05) is 5.41 Å². The minimum atomic E-state index is 0.181. The summed E-state index contributed by atoms with van der Waals surface area (Å²) in [4.78, 5) is 2.55. The van der Waals surface area contributed by atoms with Gasteiger partial charge in [0.1, 0.15) is 0 Å². The zero-order valence-electron chi connectivity index (χ0n) is 12.7. The fourth-order valence-electron chi connectivity index (χ4n) is 3.64. The molecule has 0 unspecified atom stereocenters. The maximum atomic E-state index is 3.99. The molecule has 1 aliphatic rings. The van der Waals surface area contributed by atoms with Crippen LogP contribution in [0.25, 0.3) is 0 Å². The molecule has 0 N–H and O–H groups in total. The van der Waals surface area contributed by atoms with Crippen LogP contribution in [0.1, 0.15) is 30.4 Å². The number of benzene rings is 2. The average molecular weight is 278 g/mol. The molecule has 21 heavy (non-hydrogen) atoms. The number of likely N-dealkylation sites (tertiary alicyclic amines) is 1. The number of hydrogen-bond acceptors (Lipinski definition) is 1. The first-order valence-corrected chi connectivity index (χ1v) is 7.98. The van der Waals surface area contributed by atoms with Gasteiger partial charge >= 0.3 is 0 Å². The molecule has 0 aliphatic carbocycles. The van der Waals surface area contributed by atoms with Crippen molar-refractivity contribution >= 4 is 0 Å². The van der Waals surface area contributed by atoms with Crippen LogP contribution in [0.3, 0.4) is 0 Å². The van der Waals surface area contributed by atoms with E-state index in [4.69, 9.17) is 0 Å². The van der Waals surface area contributed by atoms with E-state index >= 15 is 0 Å². The summed E-state index contributed by atoms with van der Waals surface area (Å²) in [6, 6.07) is 22.1. The molecule has 0 atom stereocenters. The van der Waals surface area contributed by atoms with Gasteiger partial charge in [0.2, 0.25) is 0 Å². The molecule has 0 spiro atoms. The van der Waals surface area contributed by atoms with E-state index in [0.717, 1.165) is 13.0 Å². The van der Waals surface area contributed by atoms with E-state index in [1.54, 1.807) is 0 Å². The lowest BCUT2D eigenvalue weighted by Crippen LogP contribution is -2.43. The summed E-state index contributed by atoms with van der Waals surface area (Å²) in [7, 11) is 0. The molecule has 109 valence electrons. The smallest absolute Gasteiger partial charge is 0.0227 e. The predicted octanol–water partition coefficient (Wildman–Crippen LogP) is 4.29. The Morgan fingerprint density at radius 2 is 1.29 bits per heavy atom. The summed E-state index contributed by atoms with van der Waals surface area (Å²) < 4.78 is 0. The van der Waals surface area contributed by atoms with E-state index in [2.05, 4.69) is 72.5 Å². The van der Waals surface area contributed by atoms with Crippen molar-refractivity contribution < 1.29 is 0 Å². The van der Waals surface area contributed by atoms with Gasteiger partial charge in [0.15, 0.2) is 0 Å². The molecule has 0 bridgehead atoms. The first-order valence-electron chi connectivity index (χ1n) is 7.98. The van der Waals surface area contributed by atoms with Gasteiger partial charge in [-0.3, -0.25) is 0 Å². The van der Waals surface area contributed by atoms with Crippen molar-refractivity contribution in [2.24, 2.45) is 0 Å². The molecule has 3 rings (SSSR count). The third-order valence-electron chi connectivity index (χ3n) is 4.84. The largest absolute Gasteiger partial charge is 0.303 e. The third-order valence-corrected chi connectivity index (χ3v) is 4.84. The van der Waals surface area contributed by atoms with Gasteiger partial charge in [0.25, 0.3) is 0 Å². The predicted molar refractivity (Wildman–Crippen MR) is 89.3 cm³/mol. The Labute approximate surface area is 128 Å². The molecule has 0 aromatic heterocycles. The second-order valence-corrected chi connectivity index (χ2v) is 6.01. The van der Waals surface area contributed by atoms with Crippen molar-refractivity contribution in [2.75, 3.05) is 19.6 Å². The van der Waals surface area contributed by atoms with Gasteiger partial charge in [-0.15, -0.1) is 0 Å². The molecular weight excluding hydrogens is 254 g/mol. The molecule has 0 amide bonds. The highest BCUT2D eigenvalue weighted by molar-refractivity contribution is 5.40. The molecule has 1 heterocycles. The van der Waals surface area contributed by atoms with Crippen LogP contribution in [0.15, 0.2) is 60.7 Å². The molecule has 1 heteroatoms. The Hall–Kier alpha value is -1.60. The highest BCUT2D eigenvalue weighted by atomic mass is 15.1. The van der Waals surface area contributed by atoms with Gasteiger partial charge < -0.3 is 4.90 Å². The van der Waals surface area contributed by atoms with E-state index < -0.39 is 0 Å². The van der Waals surface area contributed by atoms with E-state index in [0.29, 0.717) is 0 Å². The first-order chi connectivity index (χ1) is 10.3. The van der Waals surface area contributed by atoms with Crippen molar-refractivity contribution in [3.8, 4) is 0 Å². The maximum Gasteiger partial charge on any atom is 0.0227 e. The van der Waals surface area contributed by atoms with Gasteiger partial charge in [-0.05, 0) is 50.0 Å². The van der Waals surface area contributed by atoms with E-state index in [1.165, 1.54) is 37.1 Å². The van der Waals surface area contributed by atoms with Crippen LogP contribution in [0.5, 0.6) is 0 Å². The first kappa shape index (κ1) is 14.3. The van der Waals surface area contributed by atoms with E-state index in [-0.39, 0.29) is 5.41 Å². The quantitative estimate of drug-likeness (QED) is 0.806. The van der Waals surface area contributed by atoms with Crippen LogP contribution in [0.2, 0.25) is 0 Å². The summed E-state index contributed by atoms with van der Waals surface area (Å²) in [6.07, 6.45) is 3.39. The summed E-state index contributed by atoms with van der Waals surface area (Å²) in [5, 5.41) is 0. The lowest BCUT2D eigenvalue weighted by Gasteiger charge is -2.43. The molecule has 1 aliphatic heterocycles. The molecular formula is C20H24N. The SMILES string of the molecule is [CH2]CCN1CCC(c2ccccc2)(c2ccccc2)CC1. The van der Waals surface area contributed by atoms with Gasteiger partial charge in [-0.25, -0.2) is 0 Å². The topological polar surface area (TPSA) is 3.24 Å².